The van der Waals surface area contributed by atoms with Crippen molar-refractivity contribution in [3.8, 4) is 0 Å². The first kappa shape index (κ1) is 8.33. The fraction of sp³-hybridized carbons (Fsp3) is 0.857. The van der Waals surface area contributed by atoms with Crippen molar-refractivity contribution in [2.75, 3.05) is 0 Å². The van der Waals surface area contributed by atoms with Gasteiger partial charge in [0.2, 0.25) is 0 Å². The van der Waals surface area contributed by atoms with Crippen molar-refractivity contribution in [3.05, 3.63) is 0 Å². The van der Waals surface area contributed by atoms with Crippen molar-refractivity contribution in [1.29, 1.82) is 0 Å². The third-order valence-corrected chi connectivity index (χ3v) is 1.86. The summed E-state index contributed by atoms with van der Waals surface area (Å²) < 4.78 is 0. The quantitative estimate of drug-likeness (QED) is 0.529. The summed E-state index contributed by atoms with van der Waals surface area (Å²) in [4.78, 5) is 4.84. The molecule has 64 valence electrons. The van der Waals surface area contributed by atoms with Crippen LogP contribution in [-0.2, 0) is 4.84 Å². The molecule has 0 amide bonds. The molecule has 1 heterocycles. The first-order valence-corrected chi connectivity index (χ1v) is 3.67. The second kappa shape index (κ2) is 2.37. The Hall–Kier alpha value is -0.770. The number of hydrogen-bond donors (Lipinski definition) is 2. The molecule has 0 aromatic carbocycles. The summed E-state index contributed by atoms with van der Waals surface area (Å²) in [5, 5.41) is 3.63. The van der Waals surface area contributed by atoms with Crippen LogP contribution in [0.2, 0.25) is 0 Å². The highest BCUT2D eigenvalue weighted by atomic mass is 16.7. The van der Waals surface area contributed by atoms with Gasteiger partial charge in [0.1, 0.15) is 5.84 Å². The van der Waals surface area contributed by atoms with Crippen LogP contribution in [0.5, 0.6) is 0 Å². The van der Waals surface area contributed by atoms with E-state index in [-0.39, 0.29) is 17.6 Å². The van der Waals surface area contributed by atoms with E-state index in [0.29, 0.717) is 5.84 Å². The van der Waals surface area contributed by atoms with Gasteiger partial charge in [-0.3, -0.25) is 5.73 Å². The molecule has 0 spiro atoms. The first-order chi connectivity index (χ1) is 4.93. The zero-order chi connectivity index (χ0) is 8.65. The Balaban J connectivity index is 2.78. The van der Waals surface area contributed by atoms with E-state index in [4.69, 9.17) is 16.3 Å². The molecule has 4 heteroatoms. The van der Waals surface area contributed by atoms with Crippen molar-refractivity contribution in [2.45, 2.75) is 27.0 Å². The van der Waals surface area contributed by atoms with E-state index in [1.807, 2.05) is 0 Å². The normalized spacial score (nSPS) is 31.5. The number of hydrogen-bond acceptors (Lipinski definition) is 4. The minimum atomic E-state index is -0.380. The van der Waals surface area contributed by atoms with Crippen LogP contribution in [-0.4, -0.2) is 12.1 Å². The summed E-state index contributed by atoms with van der Waals surface area (Å²) in [7, 11) is 0. The largest absolute Gasteiger partial charge is 0.384 e. The maximum atomic E-state index is 5.64. The van der Waals surface area contributed by atoms with Crippen LogP contribution in [0.3, 0.4) is 0 Å². The highest BCUT2D eigenvalue weighted by Crippen LogP contribution is 2.31. The molecule has 1 rings (SSSR count). The first-order valence-electron chi connectivity index (χ1n) is 3.67. The number of nitrogens with zero attached hydrogens (tertiary/aromatic N) is 1. The molecule has 2 atom stereocenters. The Kier molecular flexibility index (Phi) is 1.80. The molecule has 4 N–H and O–H groups in total. The van der Waals surface area contributed by atoms with Crippen LogP contribution >= 0.6 is 0 Å². The Morgan fingerprint density at radius 3 is 2.18 bits per heavy atom. The zero-order valence-electron chi connectivity index (χ0n) is 7.16. The lowest BCUT2D eigenvalue weighted by atomic mass is 9.79. The van der Waals surface area contributed by atoms with Gasteiger partial charge in [-0.1, -0.05) is 25.9 Å². The van der Waals surface area contributed by atoms with Gasteiger partial charge in [0.15, 0.2) is 6.23 Å². The van der Waals surface area contributed by atoms with E-state index in [9.17, 15) is 0 Å². The molecule has 0 fully saturated rings. The molecule has 2 unspecified atom stereocenters. The average Bonchev–Trinajstić information content (AvgIpc) is 2.08. The van der Waals surface area contributed by atoms with Gasteiger partial charge >= 0.3 is 0 Å². The maximum absolute atomic E-state index is 5.64. The molecule has 0 bridgehead atoms. The zero-order valence-corrected chi connectivity index (χ0v) is 7.16. The highest BCUT2D eigenvalue weighted by molar-refractivity contribution is 5.84. The predicted molar refractivity (Wildman–Crippen MR) is 43.6 cm³/mol. The van der Waals surface area contributed by atoms with Gasteiger partial charge in [-0.25, -0.2) is 0 Å². The van der Waals surface area contributed by atoms with Gasteiger partial charge < -0.3 is 10.6 Å². The van der Waals surface area contributed by atoms with Gasteiger partial charge in [-0.15, -0.1) is 0 Å². The van der Waals surface area contributed by atoms with Crippen molar-refractivity contribution < 1.29 is 4.84 Å². The van der Waals surface area contributed by atoms with Gasteiger partial charge in [0.05, 0.1) is 5.92 Å². The topological polar surface area (TPSA) is 73.6 Å². The summed E-state index contributed by atoms with van der Waals surface area (Å²) in [6.45, 7) is 6.19. The highest BCUT2D eigenvalue weighted by Gasteiger charge is 2.39. The molecule has 11 heavy (non-hydrogen) atoms. The Bertz CT molecular complexity index is 183. The van der Waals surface area contributed by atoms with Crippen LogP contribution < -0.4 is 11.5 Å². The second-order valence-electron chi connectivity index (χ2n) is 3.93. The fourth-order valence-corrected chi connectivity index (χ4v) is 1.34. The van der Waals surface area contributed by atoms with E-state index >= 15 is 0 Å². The molecule has 1 aliphatic rings. The lowest BCUT2D eigenvalue weighted by molar-refractivity contribution is 0.0384. The van der Waals surface area contributed by atoms with Gasteiger partial charge in [-0.05, 0) is 5.41 Å². The number of nitrogens with two attached hydrogens (primary N) is 2. The second-order valence-corrected chi connectivity index (χ2v) is 3.93. The number of oxime groups is 1. The predicted octanol–water partition coefficient (Wildman–Crippen LogP) is 0.236. The lowest BCUT2D eigenvalue weighted by Crippen LogP contribution is -2.42. The van der Waals surface area contributed by atoms with E-state index in [1.165, 1.54) is 0 Å². The van der Waals surface area contributed by atoms with Crippen molar-refractivity contribution in [1.82, 2.24) is 0 Å². The summed E-state index contributed by atoms with van der Waals surface area (Å²) in [5.41, 5.74) is 11.3. The molecular formula is C7H15N3O. The summed E-state index contributed by atoms with van der Waals surface area (Å²) in [6.07, 6.45) is -0.380. The summed E-state index contributed by atoms with van der Waals surface area (Å²) in [5.74, 6) is 0.535. The van der Waals surface area contributed by atoms with E-state index in [2.05, 4.69) is 25.9 Å². The van der Waals surface area contributed by atoms with Gasteiger partial charge in [0, 0.05) is 0 Å². The third-order valence-electron chi connectivity index (χ3n) is 1.86. The molecule has 0 saturated carbocycles. The summed E-state index contributed by atoms with van der Waals surface area (Å²) >= 11 is 0. The molecule has 0 aromatic heterocycles. The Morgan fingerprint density at radius 2 is 2.00 bits per heavy atom. The minimum absolute atomic E-state index is 0.0174. The van der Waals surface area contributed by atoms with Crippen LogP contribution in [0.1, 0.15) is 20.8 Å². The van der Waals surface area contributed by atoms with Crippen LogP contribution in [0, 0.1) is 11.3 Å². The number of amidine groups is 1. The van der Waals surface area contributed by atoms with Crippen molar-refractivity contribution in [3.63, 3.8) is 0 Å². The Labute approximate surface area is 66.6 Å². The minimum Gasteiger partial charge on any atom is -0.384 e. The molecule has 0 saturated heterocycles. The smallest absolute Gasteiger partial charge is 0.186 e. The molecule has 0 radical (unpaired) electrons. The molecular weight excluding hydrogens is 142 g/mol. The third kappa shape index (κ3) is 1.45. The lowest BCUT2D eigenvalue weighted by Gasteiger charge is -2.27. The molecule has 0 aliphatic carbocycles. The van der Waals surface area contributed by atoms with Crippen LogP contribution in [0.4, 0.5) is 0 Å². The standard InChI is InChI=1S/C7H15N3O/c1-7(2,3)4-5(8)10-11-6(4)9/h4,6H,9H2,1-3H3,(H2,8,10). The van der Waals surface area contributed by atoms with Gasteiger partial charge in [-0.2, -0.15) is 0 Å². The van der Waals surface area contributed by atoms with Crippen LogP contribution in [0.25, 0.3) is 0 Å². The van der Waals surface area contributed by atoms with Gasteiger partial charge in [0.25, 0.3) is 0 Å². The fourth-order valence-electron chi connectivity index (χ4n) is 1.34. The average molecular weight is 157 g/mol. The maximum Gasteiger partial charge on any atom is 0.186 e. The van der Waals surface area contributed by atoms with E-state index in [1.54, 1.807) is 0 Å². The SMILES string of the molecule is CC(C)(C)C1C(N)=NOC1N. The summed E-state index contributed by atoms with van der Waals surface area (Å²) in [6, 6.07) is 0. The van der Waals surface area contributed by atoms with E-state index in [0.717, 1.165) is 0 Å². The van der Waals surface area contributed by atoms with Crippen molar-refractivity contribution in [2.24, 2.45) is 28.0 Å². The monoisotopic (exact) mass is 157 g/mol. The molecule has 0 aromatic rings. The molecule has 1 aliphatic heterocycles. The Morgan fingerprint density at radius 1 is 1.45 bits per heavy atom. The number of rotatable bonds is 0. The van der Waals surface area contributed by atoms with E-state index < -0.39 is 0 Å². The van der Waals surface area contributed by atoms with Crippen molar-refractivity contribution >= 4 is 5.84 Å². The van der Waals surface area contributed by atoms with Crippen LogP contribution in [0.15, 0.2) is 5.16 Å². The molecule has 4 nitrogen and oxygen atoms in total.